The summed E-state index contributed by atoms with van der Waals surface area (Å²) in [5, 5.41) is 13.8. The fourth-order valence-corrected chi connectivity index (χ4v) is 2.60. The van der Waals surface area contributed by atoms with Gasteiger partial charge in [0.05, 0.1) is 17.3 Å². The van der Waals surface area contributed by atoms with E-state index in [9.17, 15) is 4.79 Å². The average Bonchev–Trinajstić information content (AvgIpc) is 2.85. The summed E-state index contributed by atoms with van der Waals surface area (Å²) in [4.78, 5) is 18.6. The van der Waals surface area contributed by atoms with Crippen LogP contribution in [0.15, 0.2) is 18.2 Å². The molecule has 2 heterocycles. The number of carbonyl (C=O) groups excluding carboxylic acids is 1. The van der Waals surface area contributed by atoms with Crippen molar-refractivity contribution < 1.29 is 9.90 Å². The molecule has 23 heavy (non-hydrogen) atoms. The number of pyridine rings is 1. The van der Waals surface area contributed by atoms with Crippen LogP contribution in [0.2, 0.25) is 5.02 Å². The fourth-order valence-electron chi connectivity index (χ4n) is 2.42. The van der Waals surface area contributed by atoms with Crippen molar-refractivity contribution in [3.8, 4) is 5.82 Å². The third-order valence-electron chi connectivity index (χ3n) is 3.41. The van der Waals surface area contributed by atoms with E-state index in [4.69, 9.17) is 16.7 Å². The minimum Gasteiger partial charge on any atom is -0.395 e. The Morgan fingerprint density at radius 2 is 2.09 bits per heavy atom. The van der Waals surface area contributed by atoms with Gasteiger partial charge in [0.25, 0.3) is 5.91 Å². The van der Waals surface area contributed by atoms with Gasteiger partial charge in [0.1, 0.15) is 5.69 Å². The zero-order chi connectivity index (χ0) is 17.0. The number of nitrogens with zero attached hydrogens (tertiary/aromatic N) is 4. The van der Waals surface area contributed by atoms with Crippen LogP contribution >= 0.6 is 11.6 Å². The van der Waals surface area contributed by atoms with E-state index in [2.05, 4.69) is 10.1 Å². The maximum Gasteiger partial charge on any atom is 0.274 e. The predicted octanol–water partition coefficient (Wildman–Crippen LogP) is 2.38. The minimum atomic E-state index is -0.283. The van der Waals surface area contributed by atoms with Gasteiger partial charge in [-0.2, -0.15) is 5.10 Å². The first kappa shape index (κ1) is 17.4. The van der Waals surface area contributed by atoms with E-state index in [1.165, 1.54) is 0 Å². The molecule has 0 saturated carbocycles. The summed E-state index contributed by atoms with van der Waals surface area (Å²) in [6, 6.07) is 5.32. The molecule has 0 aliphatic carbocycles. The number of aryl methyl sites for hydroxylation is 2. The van der Waals surface area contributed by atoms with Crippen molar-refractivity contribution in [3.05, 3.63) is 40.3 Å². The zero-order valence-corrected chi connectivity index (χ0v) is 14.3. The molecule has 2 aromatic heterocycles. The van der Waals surface area contributed by atoms with Crippen LogP contribution in [0.5, 0.6) is 0 Å². The number of aliphatic hydroxyl groups excluding tert-OH is 1. The van der Waals surface area contributed by atoms with E-state index >= 15 is 0 Å². The number of aliphatic hydroxyl groups is 1. The van der Waals surface area contributed by atoms with Gasteiger partial charge in [0.15, 0.2) is 5.82 Å². The molecular formula is C16H21ClN4O2. The summed E-state index contributed by atoms with van der Waals surface area (Å²) < 4.78 is 1.68. The lowest BCUT2D eigenvalue weighted by Crippen LogP contribution is -2.35. The Balaban J connectivity index is 2.40. The molecule has 0 saturated heterocycles. The molecule has 7 heteroatoms. The summed E-state index contributed by atoms with van der Waals surface area (Å²) in [6.45, 7) is 6.50. The van der Waals surface area contributed by atoms with E-state index in [1.54, 1.807) is 21.7 Å². The van der Waals surface area contributed by atoms with Gasteiger partial charge < -0.3 is 10.0 Å². The van der Waals surface area contributed by atoms with Gasteiger partial charge in [-0.15, -0.1) is 0 Å². The average molecular weight is 337 g/mol. The maximum atomic E-state index is 12.7. The van der Waals surface area contributed by atoms with Gasteiger partial charge in [-0.1, -0.05) is 18.5 Å². The number of aromatic nitrogens is 3. The molecule has 0 bridgehead atoms. The molecule has 0 unspecified atom stereocenters. The molecule has 2 rings (SSSR count). The highest BCUT2D eigenvalue weighted by molar-refractivity contribution is 6.33. The minimum absolute atomic E-state index is 0.0967. The van der Waals surface area contributed by atoms with Crippen LogP contribution < -0.4 is 0 Å². The molecule has 0 aliphatic rings. The van der Waals surface area contributed by atoms with E-state index in [0.717, 1.165) is 17.8 Å². The summed E-state index contributed by atoms with van der Waals surface area (Å²) in [5.74, 6) is 0.262. The van der Waals surface area contributed by atoms with Crippen molar-refractivity contribution in [1.29, 1.82) is 0 Å². The first-order valence-electron chi connectivity index (χ1n) is 7.58. The molecule has 1 amide bonds. The predicted molar refractivity (Wildman–Crippen MR) is 89.1 cm³/mol. The molecule has 1 N–H and O–H groups in total. The smallest absolute Gasteiger partial charge is 0.274 e. The lowest BCUT2D eigenvalue weighted by atomic mass is 10.3. The van der Waals surface area contributed by atoms with Gasteiger partial charge in [-0.25, -0.2) is 9.67 Å². The molecule has 124 valence electrons. The lowest BCUT2D eigenvalue weighted by molar-refractivity contribution is 0.0716. The van der Waals surface area contributed by atoms with Gasteiger partial charge in [0, 0.05) is 18.8 Å². The Morgan fingerprint density at radius 3 is 2.65 bits per heavy atom. The van der Waals surface area contributed by atoms with Crippen molar-refractivity contribution in [3.63, 3.8) is 0 Å². The third-order valence-corrected chi connectivity index (χ3v) is 3.72. The molecule has 0 aromatic carbocycles. The molecule has 0 aliphatic heterocycles. The number of hydrogen-bond acceptors (Lipinski definition) is 4. The first-order chi connectivity index (χ1) is 11.0. The molecule has 0 fully saturated rings. The van der Waals surface area contributed by atoms with E-state index in [0.29, 0.717) is 17.4 Å². The standard InChI is InChI=1S/C16H21ClN4O2/c1-4-7-20(8-9-22)16(23)15-13(17)5-6-14(18-15)21-12(3)10-11(2)19-21/h5-6,10,22H,4,7-9H2,1-3H3. The highest BCUT2D eigenvalue weighted by Gasteiger charge is 2.20. The molecular weight excluding hydrogens is 316 g/mol. The number of halogens is 1. The van der Waals surface area contributed by atoms with Gasteiger partial charge >= 0.3 is 0 Å². The van der Waals surface area contributed by atoms with Crippen LogP contribution in [0.3, 0.4) is 0 Å². The summed E-state index contributed by atoms with van der Waals surface area (Å²) in [5.41, 5.74) is 1.98. The molecule has 2 aromatic rings. The van der Waals surface area contributed by atoms with Crippen LogP contribution in [0, 0.1) is 13.8 Å². The summed E-state index contributed by atoms with van der Waals surface area (Å²) >= 11 is 6.17. The van der Waals surface area contributed by atoms with Crippen LogP contribution in [0.25, 0.3) is 5.82 Å². The summed E-state index contributed by atoms with van der Waals surface area (Å²) in [6.07, 6.45) is 0.792. The molecule has 6 nitrogen and oxygen atoms in total. The fraction of sp³-hybridized carbons (Fsp3) is 0.438. The van der Waals surface area contributed by atoms with Crippen molar-refractivity contribution in [2.75, 3.05) is 19.7 Å². The normalized spacial score (nSPS) is 10.8. The highest BCUT2D eigenvalue weighted by atomic mass is 35.5. The lowest BCUT2D eigenvalue weighted by Gasteiger charge is -2.21. The maximum absolute atomic E-state index is 12.7. The topological polar surface area (TPSA) is 71.2 Å². The molecule has 0 spiro atoms. The van der Waals surface area contributed by atoms with Crippen LogP contribution in [-0.2, 0) is 0 Å². The van der Waals surface area contributed by atoms with E-state index in [1.807, 2.05) is 26.8 Å². The second-order valence-electron chi connectivity index (χ2n) is 5.35. The second kappa shape index (κ2) is 7.57. The third kappa shape index (κ3) is 3.89. The zero-order valence-electron chi connectivity index (χ0n) is 13.6. The Morgan fingerprint density at radius 1 is 1.35 bits per heavy atom. The molecule has 0 atom stereocenters. The Labute approximate surface area is 140 Å². The Kier molecular flexibility index (Phi) is 5.74. The Bertz CT molecular complexity index is 693. The van der Waals surface area contributed by atoms with Crippen molar-refractivity contribution >= 4 is 17.5 Å². The van der Waals surface area contributed by atoms with Gasteiger partial charge in [0.2, 0.25) is 0 Å². The SMILES string of the molecule is CCCN(CCO)C(=O)c1nc(-n2nc(C)cc2C)ccc1Cl. The largest absolute Gasteiger partial charge is 0.395 e. The monoisotopic (exact) mass is 336 g/mol. The second-order valence-corrected chi connectivity index (χ2v) is 5.76. The number of hydrogen-bond donors (Lipinski definition) is 1. The number of carbonyl (C=O) groups is 1. The molecule has 0 radical (unpaired) electrons. The van der Waals surface area contributed by atoms with Crippen LogP contribution in [-0.4, -0.2) is 50.4 Å². The number of rotatable bonds is 6. The Hall–Kier alpha value is -1.92. The quantitative estimate of drug-likeness (QED) is 0.879. The van der Waals surface area contributed by atoms with Crippen molar-refractivity contribution in [1.82, 2.24) is 19.7 Å². The van der Waals surface area contributed by atoms with Crippen molar-refractivity contribution in [2.45, 2.75) is 27.2 Å². The first-order valence-corrected chi connectivity index (χ1v) is 7.96. The summed E-state index contributed by atoms with van der Waals surface area (Å²) in [7, 11) is 0. The van der Waals surface area contributed by atoms with Crippen molar-refractivity contribution in [2.24, 2.45) is 0 Å². The van der Waals surface area contributed by atoms with Gasteiger partial charge in [-0.05, 0) is 38.5 Å². The van der Waals surface area contributed by atoms with E-state index in [-0.39, 0.29) is 24.8 Å². The highest BCUT2D eigenvalue weighted by Crippen LogP contribution is 2.19. The van der Waals surface area contributed by atoms with Crippen LogP contribution in [0.4, 0.5) is 0 Å². The van der Waals surface area contributed by atoms with Gasteiger partial charge in [-0.3, -0.25) is 4.79 Å². The van der Waals surface area contributed by atoms with E-state index < -0.39 is 0 Å². The number of amides is 1. The van der Waals surface area contributed by atoms with Crippen LogP contribution in [0.1, 0.15) is 35.2 Å².